The molecule has 0 unspecified atom stereocenters. The van der Waals surface area contributed by atoms with Crippen LogP contribution < -0.4 is 0 Å². The summed E-state index contributed by atoms with van der Waals surface area (Å²) in [6.07, 6.45) is 3.56. The van der Waals surface area contributed by atoms with Crippen LogP contribution in [0.5, 0.6) is 0 Å². The fourth-order valence-electron chi connectivity index (χ4n) is 2.88. The van der Waals surface area contributed by atoms with Crippen molar-refractivity contribution >= 4 is 0 Å². The number of rotatable bonds is 3. The lowest BCUT2D eigenvalue weighted by molar-refractivity contribution is -0.00947. The standard InChI is InChI=1S/C15H23NO/c1-15(2)10-6-9-14(12-17)16(15)11-13-7-4-3-5-8-13/h3-5,7-8,14,17H,6,9-12H2,1-2H3/t14-/m0/s1. The molecule has 1 aromatic rings. The number of hydrogen-bond acceptors (Lipinski definition) is 2. The molecule has 1 N–H and O–H groups in total. The SMILES string of the molecule is CC1(C)CCC[C@@H](CO)N1Cc1ccccc1. The summed E-state index contributed by atoms with van der Waals surface area (Å²) < 4.78 is 0. The van der Waals surface area contributed by atoms with E-state index in [0.29, 0.717) is 6.04 Å². The van der Waals surface area contributed by atoms with Gasteiger partial charge in [0.05, 0.1) is 6.61 Å². The Morgan fingerprint density at radius 1 is 1.29 bits per heavy atom. The first-order chi connectivity index (χ1) is 8.13. The Bertz CT molecular complexity index is 347. The van der Waals surface area contributed by atoms with E-state index < -0.39 is 0 Å². The first-order valence-corrected chi connectivity index (χ1v) is 6.55. The number of hydrogen-bond donors (Lipinski definition) is 1. The quantitative estimate of drug-likeness (QED) is 0.867. The van der Waals surface area contributed by atoms with Gasteiger partial charge in [0.15, 0.2) is 0 Å². The van der Waals surface area contributed by atoms with Crippen molar-refractivity contribution in [2.24, 2.45) is 0 Å². The molecule has 1 aliphatic heterocycles. The van der Waals surface area contributed by atoms with Crippen LogP contribution in [-0.4, -0.2) is 28.2 Å². The third kappa shape index (κ3) is 2.88. The Hall–Kier alpha value is -0.860. The average Bonchev–Trinajstić information content (AvgIpc) is 2.33. The van der Waals surface area contributed by atoms with Crippen LogP contribution in [0.4, 0.5) is 0 Å². The van der Waals surface area contributed by atoms with Crippen LogP contribution in [0.1, 0.15) is 38.7 Å². The summed E-state index contributed by atoms with van der Waals surface area (Å²) in [6, 6.07) is 10.9. The second-order valence-corrected chi connectivity index (χ2v) is 5.65. The summed E-state index contributed by atoms with van der Waals surface area (Å²) in [7, 11) is 0. The van der Waals surface area contributed by atoms with Crippen molar-refractivity contribution in [1.82, 2.24) is 4.90 Å². The van der Waals surface area contributed by atoms with Crippen LogP contribution in [-0.2, 0) is 6.54 Å². The van der Waals surface area contributed by atoms with Gasteiger partial charge in [0.25, 0.3) is 0 Å². The van der Waals surface area contributed by atoms with Crippen LogP contribution in [0.15, 0.2) is 30.3 Å². The van der Waals surface area contributed by atoms with Gasteiger partial charge < -0.3 is 5.11 Å². The molecule has 1 fully saturated rings. The molecule has 0 saturated carbocycles. The molecule has 0 radical (unpaired) electrons. The smallest absolute Gasteiger partial charge is 0.0587 e. The van der Waals surface area contributed by atoms with E-state index in [9.17, 15) is 5.11 Å². The zero-order chi connectivity index (χ0) is 12.3. The van der Waals surface area contributed by atoms with Gasteiger partial charge in [0.2, 0.25) is 0 Å². The maximum atomic E-state index is 9.53. The summed E-state index contributed by atoms with van der Waals surface area (Å²) in [6.45, 7) is 5.80. The molecule has 1 atom stereocenters. The molecule has 1 saturated heterocycles. The number of nitrogens with zero attached hydrogens (tertiary/aromatic N) is 1. The summed E-state index contributed by atoms with van der Waals surface area (Å²) in [5, 5.41) is 9.53. The van der Waals surface area contributed by atoms with E-state index in [-0.39, 0.29) is 12.1 Å². The van der Waals surface area contributed by atoms with Crippen molar-refractivity contribution in [3.05, 3.63) is 35.9 Å². The molecule has 1 aromatic carbocycles. The highest BCUT2D eigenvalue weighted by Crippen LogP contribution is 2.32. The third-order valence-electron chi connectivity index (χ3n) is 3.95. The first kappa shape index (κ1) is 12.6. The maximum Gasteiger partial charge on any atom is 0.0587 e. The van der Waals surface area contributed by atoms with Gasteiger partial charge in [-0.05, 0) is 38.7 Å². The predicted octanol–water partition coefficient (Wildman–Crippen LogP) is 2.81. The molecule has 0 aliphatic carbocycles. The zero-order valence-electron chi connectivity index (χ0n) is 10.9. The van der Waals surface area contributed by atoms with Gasteiger partial charge in [0.1, 0.15) is 0 Å². The van der Waals surface area contributed by atoms with E-state index in [0.717, 1.165) is 13.0 Å². The molecule has 2 rings (SSSR count). The minimum absolute atomic E-state index is 0.196. The monoisotopic (exact) mass is 233 g/mol. The van der Waals surface area contributed by atoms with Crippen molar-refractivity contribution in [3.63, 3.8) is 0 Å². The number of aliphatic hydroxyl groups excluding tert-OH is 1. The molecular weight excluding hydrogens is 210 g/mol. The van der Waals surface area contributed by atoms with Gasteiger partial charge in [-0.25, -0.2) is 0 Å². The summed E-state index contributed by atoms with van der Waals surface area (Å²) in [5.74, 6) is 0. The normalized spacial score (nSPS) is 24.8. The Balaban J connectivity index is 2.15. The topological polar surface area (TPSA) is 23.5 Å². The molecular formula is C15H23NO. The van der Waals surface area contributed by atoms with Crippen molar-refractivity contribution in [3.8, 4) is 0 Å². The molecule has 0 aromatic heterocycles. The van der Waals surface area contributed by atoms with Gasteiger partial charge >= 0.3 is 0 Å². The molecule has 0 bridgehead atoms. The Kier molecular flexibility index (Phi) is 3.85. The van der Waals surface area contributed by atoms with Crippen LogP contribution in [0.3, 0.4) is 0 Å². The van der Waals surface area contributed by atoms with E-state index in [4.69, 9.17) is 0 Å². The lowest BCUT2D eigenvalue weighted by Gasteiger charge is -2.47. The minimum Gasteiger partial charge on any atom is -0.395 e. The molecule has 0 spiro atoms. The van der Waals surface area contributed by atoms with E-state index in [1.807, 2.05) is 6.07 Å². The van der Waals surface area contributed by atoms with Gasteiger partial charge in [0, 0.05) is 18.1 Å². The van der Waals surface area contributed by atoms with Gasteiger partial charge in [-0.2, -0.15) is 0 Å². The molecule has 94 valence electrons. The Morgan fingerprint density at radius 2 is 2.00 bits per heavy atom. The molecule has 17 heavy (non-hydrogen) atoms. The van der Waals surface area contributed by atoms with Gasteiger partial charge in [-0.3, -0.25) is 4.90 Å². The molecule has 1 aliphatic rings. The second-order valence-electron chi connectivity index (χ2n) is 5.65. The fourth-order valence-corrected chi connectivity index (χ4v) is 2.88. The van der Waals surface area contributed by atoms with E-state index in [1.54, 1.807) is 0 Å². The highest BCUT2D eigenvalue weighted by atomic mass is 16.3. The van der Waals surface area contributed by atoms with Gasteiger partial charge in [-0.15, -0.1) is 0 Å². The lowest BCUT2D eigenvalue weighted by atomic mass is 9.86. The number of likely N-dealkylation sites (tertiary alicyclic amines) is 1. The minimum atomic E-state index is 0.196. The lowest BCUT2D eigenvalue weighted by Crippen LogP contribution is -2.53. The highest BCUT2D eigenvalue weighted by Gasteiger charge is 2.35. The maximum absolute atomic E-state index is 9.53. The Labute approximate surface area is 104 Å². The molecule has 2 heteroatoms. The Morgan fingerprint density at radius 3 is 2.65 bits per heavy atom. The zero-order valence-corrected chi connectivity index (χ0v) is 10.9. The fraction of sp³-hybridized carbons (Fsp3) is 0.600. The van der Waals surface area contributed by atoms with E-state index in [1.165, 1.54) is 18.4 Å². The van der Waals surface area contributed by atoms with Crippen molar-refractivity contribution < 1.29 is 5.11 Å². The van der Waals surface area contributed by atoms with Crippen molar-refractivity contribution in [1.29, 1.82) is 0 Å². The largest absolute Gasteiger partial charge is 0.395 e. The van der Waals surface area contributed by atoms with Crippen LogP contribution in [0.25, 0.3) is 0 Å². The number of benzene rings is 1. The predicted molar refractivity (Wildman–Crippen MR) is 70.8 cm³/mol. The summed E-state index contributed by atoms with van der Waals surface area (Å²) in [5.41, 5.74) is 1.53. The summed E-state index contributed by atoms with van der Waals surface area (Å²) >= 11 is 0. The van der Waals surface area contributed by atoms with Crippen LogP contribution >= 0.6 is 0 Å². The average molecular weight is 233 g/mol. The van der Waals surface area contributed by atoms with Crippen LogP contribution in [0.2, 0.25) is 0 Å². The third-order valence-corrected chi connectivity index (χ3v) is 3.95. The van der Waals surface area contributed by atoms with Crippen molar-refractivity contribution in [2.45, 2.75) is 51.2 Å². The van der Waals surface area contributed by atoms with Crippen molar-refractivity contribution in [2.75, 3.05) is 6.61 Å². The first-order valence-electron chi connectivity index (χ1n) is 6.55. The second kappa shape index (κ2) is 5.19. The highest BCUT2D eigenvalue weighted by molar-refractivity contribution is 5.15. The van der Waals surface area contributed by atoms with E-state index in [2.05, 4.69) is 43.0 Å². The number of piperidine rings is 1. The van der Waals surface area contributed by atoms with Crippen LogP contribution in [0, 0.1) is 0 Å². The number of aliphatic hydroxyl groups is 1. The summed E-state index contributed by atoms with van der Waals surface area (Å²) in [4.78, 5) is 2.46. The van der Waals surface area contributed by atoms with E-state index >= 15 is 0 Å². The van der Waals surface area contributed by atoms with Gasteiger partial charge in [-0.1, -0.05) is 30.3 Å². The molecule has 2 nitrogen and oxygen atoms in total. The molecule has 0 amide bonds. The molecule has 1 heterocycles.